The maximum Gasteiger partial charge on any atom is 0.322 e. The fourth-order valence-corrected chi connectivity index (χ4v) is 2.57. The van der Waals surface area contributed by atoms with E-state index in [0.717, 1.165) is 28.9 Å². The van der Waals surface area contributed by atoms with Crippen LogP contribution in [-0.4, -0.2) is 48.8 Å². The Kier molecular flexibility index (Phi) is 4.79. The lowest BCUT2D eigenvalue weighted by atomic mass is 10.1. The molecule has 6 heteroatoms. The SMILES string of the molecule is COc1ccc(Br)c(CN2CCNCC2C(=O)O)c1. The summed E-state index contributed by atoms with van der Waals surface area (Å²) in [7, 11) is 1.62. The zero-order valence-corrected chi connectivity index (χ0v) is 12.3. The maximum absolute atomic E-state index is 11.2. The first-order chi connectivity index (χ1) is 9.11. The van der Waals surface area contributed by atoms with Gasteiger partial charge in [-0.1, -0.05) is 15.9 Å². The molecule has 2 N–H and O–H groups in total. The Labute approximate surface area is 120 Å². The van der Waals surface area contributed by atoms with Gasteiger partial charge in [0.05, 0.1) is 7.11 Å². The van der Waals surface area contributed by atoms with E-state index in [1.54, 1.807) is 7.11 Å². The van der Waals surface area contributed by atoms with Crippen LogP contribution < -0.4 is 10.1 Å². The molecule has 1 aromatic rings. The number of rotatable bonds is 4. The lowest BCUT2D eigenvalue weighted by Gasteiger charge is -2.33. The van der Waals surface area contributed by atoms with Crippen molar-refractivity contribution in [2.75, 3.05) is 26.7 Å². The highest BCUT2D eigenvalue weighted by Gasteiger charge is 2.28. The van der Waals surface area contributed by atoms with Crippen LogP contribution in [-0.2, 0) is 11.3 Å². The highest BCUT2D eigenvalue weighted by molar-refractivity contribution is 9.10. The first-order valence-electron chi connectivity index (χ1n) is 6.12. The van der Waals surface area contributed by atoms with E-state index in [2.05, 4.69) is 21.2 Å². The number of ether oxygens (including phenoxy) is 1. The zero-order chi connectivity index (χ0) is 13.8. The molecule has 0 aliphatic carbocycles. The molecule has 104 valence electrons. The number of nitrogens with zero attached hydrogens (tertiary/aromatic N) is 1. The average molecular weight is 329 g/mol. The summed E-state index contributed by atoms with van der Waals surface area (Å²) < 4.78 is 6.17. The van der Waals surface area contributed by atoms with Crippen LogP contribution >= 0.6 is 15.9 Å². The van der Waals surface area contributed by atoms with E-state index in [1.165, 1.54) is 0 Å². The van der Waals surface area contributed by atoms with Crippen LogP contribution in [0, 0.1) is 0 Å². The number of carboxylic acid groups (broad SMARTS) is 1. The van der Waals surface area contributed by atoms with E-state index >= 15 is 0 Å². The van der Waals surface area contributed by atoms with Gasteiger partial charge in [0.15, 0.2) is 0 Å². The molecule has 1 saturated heterocycles. The summed E-state index contributed by atoms with van der Waals surface area (Å²) in [5.41, 5.74) is 1.03. The standard InChI is InChI=1S/C13H17BrN2O3/c1-19-10-2-3-11(14)9(6-10)8-16-5-4-15-7-12(16)13(17)18/h2-3,6,12,15H,4-5,7-8H2,1H3,(H,17,18). The molecule has 1 aliphatic rings. The first-order valence-corrected chi connectivity index (χ1v) is 6.91. The van der Waals surface area contributed by atoms with Crippen molar-refractivity contribution in [3.05, 3.63) is 28.2 Å². The van der Waals surface area contributed by atoms with Gasteiger partial charge in [-0.2, -0.15) is 0 Å². The minimum absolute atomic E-state index is 0.480. The minimum atomic E-state index is -0.786. The Balaban J connectivity index is 2.16. The van der Waals surface area contributed by atoms with Gasteiger partial charge in [-0.25, -0.2) is 0 Å². The molecular formula is C13H17BrN2O3. The summed E-state index contributed by atoms with van der Waals surface area (Å²) in [6.07, 6.45) is 0. The number of carbonyl (C=O) groups is 1. The maximum atomic E-state index is 11.2. The lowest BCUT2D eigenvalue weighted by molar-refractivity contribution is -0.144. The van der Waals surface area contributed by atoms with Gasteiger partial charge in [0.2, 0.25) is 0 Å². The molecule has 5 nitrogen and oxygen atoms in total. The number of hydrogen-bond donors (Lipinski definition) is 2. The topological polar surface area (TPSA) is 61.8 Å². The predicted octanol–water partition coefficient (Wildman–Crippen LogP) is 1.32. The first kappa shape index (κ1) is 14.3. The normalized spacial score (nSPS) is 20.2. The molecule has 1 aliphatic heterocycles. The van der Waals surface area contributed by atoms with E-state index < -0.39 is 12.0 Å². The number of aliphatic carboxylic acids is 1. The van der Waals surface area contributed by atoms with Crippen LogP contribution in [0.15, 0.2) is 22.7 Å². The Hall–Kier alpha value is -1.11. The zero-order valence-electron chi connectivity index (χ0n) is 10.7. The second-order valence-corrected chi connectivity index (χ2v) is 5.34. The molecule has 1 atom stereocenters. The largest absolute Gasteiger partial charge is 0.497 e. The van der Waals surface area contributed by atoms with Gasteiger partial charge in [0.25, 0.3) is 0 Å². The number of methoxy groups -OCH3 is 1. The quantitative estimate of drug-likeness (QED) is 0.872. The number of carboxylic acids is 1. The van der Waals surface area contributed by atoms with Gasteiger partial charge in [0, 0.05) is 30.7 Å². The van der Waals surface area contributed by atoms with Crippen molar-refractivity contribution >= 4 is 21.9 Å². The molecule has 1 heterocycles. The molecule has 0 amide bonds. The monoisotopic (exact) mass is 328 g/mol. The van der Waals surface area contributed by atoms with Crippen LogP contribution in [0.4, 0.5) is 0 Å². The molecule has 0 bridgehead atoms. The van der Waals surface area contributed by atoms with Gasteiger partial charge in [0.1, 0.15) is 11.8 Å². The third-order valence-corrected chi connectivity index (χ3v) is 4.04. The number of piperazine rings is 1. The summed E-state index contributed by atoms with van der Waals surface area (Å²) in [5, 5.41) is 12.3. The summed E-state index contributed by atoms with van der Waals surface area (Å²) in [4.78, 5) is 13.2. The fourth-order valence-electron chi connectivity index (χ4n) is 2.20. The van der Waals surface area contributed by atoms with Gasteiger partial charge < -0.3 is 15.2 Å². The van der Waals surface area contributed by atoms with Gasteiger partial charge in [-0.3, -0.25) is 9.69 Å². The summed E-state index contributed by atoms with van der Waals surface area (Å²) >= 11 is 3.50. The van der Waals surface area contributed by atoms with Crippen molar-refractivity contribution in [3.8, 4) is 5.75 Å². The third-order valence-electron chi connectivity index (χ3n) is 3.27. The Morgan fingerprint density at radius 3 is 3.11 bits per heavy atom. The van der Waals surface area contributed by atoms with Crippen LogP contribution in [0.5, 0.6) is 5.75 Å². The summed E-state index contributed by atoms with van der Waals surface area (Å²) in [6.45, 7) is 2.61. The molecule has 0 spiro atoms. The average Bonchev–Trinajstić information content (AvgIpc) is 2.41. The smallest absolute Gasteiger partial charge is 0.322 e. The van der Waals surface area contributed by atoms with Gasteiger partial charge in [-0.15, -0.1) is 0 Å². The molecule has 1 unspecified atom stereocenters. The number of hydrogen-bond acceptors (Lipinski definition) is 4. The third kappa shape index (κ3) is 3.46. The van der Waals surface area contributed by atoms with Gasteiger partial charge >= 0.3 is 5.97 Å². The summed E-state index contributed by atoms with van der Waals surface area (Å²) in [6, 6.07) is 5.25. The van der Waals surface area contributed by atoms with Crippen molar-refractivity contribution in [2.45, 2.75) is 12.6 Å². The Morgan fingerprint density at radius 1 is 1.63 bits per heavy atom. The predicted molar refractivity (Wildman–Crippen MR) is 75.4 cm³/mol. The van der Waals surface area contributed by atoms with Crippen LogP contribution in [0.1, 0.15) is 5.56 Å². The number of nitrogens with one attached hydrogen (secondary N) is 1. The van der Waals surface area contributed by atoms with Crippen LogP contribution in [0.3, 0.4) is 0 Å². The molecule has 0 aromatic heterocycles. The van der Waals surface area contributed by atoms with E-state index in [1.807, 2.05) is 23.1 Å². The summed E-state index contributed by atoms with van der Waals surface area (Å²) in [5.74, 6) is -0.00794. The minimum Gasteiger partial charge on any atom is -0.497 e. The molecule has 1 fully saturated rings. The van der Waals surface area contributed by atoms with Crippen LogP contribution in [0.2, 0.25) is 0 Å². The molecule has 0 radical (unpaired) electrons. The Morgan fingerprint density at radius 2 is 2.42 bits per heavy atom. The molecular weight excluding hydrogens is 312 g/mol. The number of benzene rings is 1. The van der Waals surface area contributed by atoms with Crippen molar-refractivity contribution in [1.29, 1.82) is 0 Å². The molecule has 2 rings (SSSR count). The number of halogens is 1. The fraction of sp³-hybridized carbons (Fsp3) is 0.462. The van der Waals surface area contributed by atoms with Gasteiger partial charge in [-0.05, 0) is 23.8 Å². The van der Waals surface area contributed by atoms with E-state index in [9.17, 15) is 9.90 Å². The second-order valence-electron chi connectivity index (χ2n) is 4.49. The van der Waals surface area contributed by atoms with Crippen molar-refractivity contribution in [1.82, 2.24) is 10.2 Å². The highest BCUT2D eigenvalue weighted by Crippen LogP contribution is 2.24. The molecule has 19 heavy (non-hydrogen) atoms. The Bertz CT molecular complexity index is 467. The highest BCUT2D eigenvalue weighted by atomic mass is 79.9. The van der Waals surface area contributed by atoms with Crippen molar-refractivity contribution < 1.29 is 14.6 Å². The van der Waals surface area contributed by atoms with E-state index in [4.69, 9.17) is 4.74 Å². The lowest BCUT2D eigenvalue weighted by Crippen LogP contribution is -2.54. The van der Waals surface area contributed by atoms with E-state index in [-0.39, 0.29) is 0 Å². The van der Waals surface area contributed by atoms with Crippen molar-refractivity contribution in [2.24, 2.45) is 0 Å². The molecule has 0 saturated carbocycles. The van der Waals surface area contributed by atoms with Crippen LogP contribution in [0.25, 0.3) is 0 Å². The van der Waals surface area contributed by atoms with E-state index in [0.29, 0.717) is 13.1 Å². The van der Waals surface area contributed by atoms with Crippen molar-refractivity contribution in [3.63, 3.8) is 0 Å². The molecule has 1 aromatic carbocycles. The second kappa shape index (κ2) is 6.36.